The Hall–Kier alpha value is -4.34. The Balaban J connectivity index is 1.19. The SMILES string of the molecule is Cc1cccc(C)c1N1C(=O)[C@@H]2[C@@H](N=NN2CC(=O)N2N=C3/C(=C/c4ccc(Cl)cc4)CCC[C@@H]3[C@@H]2c2ccc(Cl)cc2)C1=O. The molecular weight excluding hydrogens is 611 g/mol. The molecular formula is C34H30Cl2N6O3. The lowest BCUT2D eigenvalue weighted by Gasteiger charge is -2.30. The van der Waals surface area contributed by atoms with Crippen LogP contribution in [0.2, 0.25) is 10.0 Å². The van der Waals surface area contributed by atoms with E-state index >= 15 is 0 Å². The normalized spacial score (nSPS) is 24.8. The van der Waals surface area contributed by atoms with E-state index in [1.165, 1.54) is 14.9 Å². The molecule has 11 heteroatoms. The number of allylic oxidation sites excluding steroid dienone is 1. The molecule has 3 aromatic carbocycles. The number of benzene rings is 3. The van der Waals surface area contributed by atoms with E-state index in [2.05, 4.69) is 16.4 Å². The summed E-state index contributed by atoms with van der Waals surface area (Å²) in [6, 6.07) is 18.4. The number of hydrogen-bond acceptors (Lipinski definition) is 7. The van der Waals surface area contributed by atoms with Crippen molar-refractivity contribution >= 4 is 58.4 Å². The molecule has 4 atom stereocenters. The van der Waals surface area contributed by atoms with Crippen LogP contribution in [0.4, 0.5) is 5.69 Å². The maximum absolute atomic E-state index is 14.1. The smallest absolute Gasteiger partial charge is 0.264 e. The van der Waals surface area contributed by atoms with Gasteiger partial charge in [0, 0.05) is 16.0 Å². The Morgan fingerprint density at radius 2 is 1.58 bits per heavy atom. The highest BCUT2D eigenvalue weighted by Gasteiger charge is 2.56. The molecule has 4 aliphatic rings. The maximum atomic E-state index is 14.1. The molecule has 3 amide bonds. The van der Waals surface area contributed by atoms with Crippen LogP contribution in [0.15, 0.2) is 87.7 Å². The van der Waals surface area contributed by atoms with Gasteiger partial charge in [0.2, 0.25) is 0 Å². The van der Waals surface area contributed by atoms with E-state index in [1.807, 2.05) is 80.6 Å². The van der Waals surface area contributed by atoms with Crippen molar-refractivity contribution in [1.82, 2.24) is 10.0 Å². The molecule has 0 aromatic heterocycles. The van der Waals surface area contributed by atoms with Crippen LogP contribution in [0.25, 0.3) is 6.08 Å². The maximum Gasteiger partial charge on any atom is 0.264 e. The van der Waals surface area contributed by atoms with Gasteiger partial charge in [-0.1, -0.05) is 70.9 Å². The largest absolute Gasteiger partial charge is 0.271 e. The molecule has 0 bridgehead atoms. The summed E-state index contributed by atoms with van der Waals surface area (Å²) >= 11 is 12.3. The van der Waals surface area contributed by atoms with E-state index in [9.17, 15) is 14.4 Å². The van der Waals surface area contributed by atoms with Gasteiger partial charge in [-0.25, -0.2) is 9.91 Å². The minimum atomic E-state index is -1.00. The van der Waals surface area contributed by atoms with E-state index in [-0.39, 0.29) is 24.4 Å². The molecule has 0 N–H and O–H groups in total. The molecule has 2 fully saturated rings. The average Bonchev–Trinajstić information content (AvgIpc) is 3.69. The summed E-state index contributed by atoms with van der Waals surface area (Å²) in [4.78, 5) is 42.5. The molecule has 1 saturated carbocycles. The van der Waals surface area contributed by atoms with Gasteiger partial charge in [0.1, 0.15) is 6.54 Å². The van der Waals surface area contributed by atoms with Gasteiger partial charge in [0.25, 0.3) is 17.7 Å². The van der Waals surface area contributed by atoms with Gasteiger partial charge < -0.3 is 0 Å². The highest BCUT2D eigenvalue weighted by molar-refractivity contribution is 6.31. The number of amides is 3. The molecule has 9 nitrogen and oxygen atoms in total. The molecule has 3 aromatic rings. The second kappa shape index (κ2) is 11.5. The topological polar surface area (TPSA) is 98.0 Å². The molecule has 45 heavy (non-hydrogen) atoms. The van der Waals surface area contributed by atoms with Crippen molar-refractivity contribution in [2.45, 2.75) is 51.2 Å². The number of carbonyl (C=O) groups excluding carboxylic acids is 3. The summed E-state index contributed by atoms with van der Waals surface area (Å²) < 4.78 is 0. The van der Waals surface area contributed by atoms with Crippen LogP contribution in [0, 0.1) is 19.8 Å². The third-order valence-electron chi connectivity index (χ3n) is 9.00. The molecule has 3 aliphatic heterocycles. The van der Waals surface area contributed by atoms with Crippen LogP contribution in [0.1, 0.15) is 47.6 Å². The van der Waals surface area contributed by atoms with Gasteiger partial charge in [-0.05, 0) is 91.3 Å². The molecule has 228 valence electrons. The van der Waals surface area contributed by atoms with E-state index in [0.29, 0.717) is 15.7 Å². The molecule has 1 aliphatic carbocycles. The molecule has 7 rings (SSSR count). The molecule has 0 unspecified atom stereocenters. The summed E-state index contributed by atoms with van der Waals surface area (Å²) in [6.45, 7) is 3.46. The lowest BCUT2D eigenvalue weighted by atomic mass is 9.77. The lowest BCUT2D eigenvalue weighted by molar-refractivity contribution is -0.136. The summed E-state index contributed by atoms with van der Waals surface area (Å²) in [6.07, 6.45) is 4.75. The number of aryl methyl sites for hydroxylation is 2. The number of halogens is 2. The number of fused-ring (bicyclic) bond motifs is 2. The van der Waals surface area contributed by atoms with Gasteiger partial charge in [0.05, 0.1) is 17.4 Å². The fourth-order valence-electron chi connectivity index (χ4n) is 6.90. The number of hydrogen-bond donors (Lipinski definition) is 0. The lowest BCUT2D eigenvalue weighted by Crippen LogP contribution is -2.45. The van der Waals surface area contributed by atoms with Crippen LogP contribution in [0.3, 0.4) is 0 Å². The van der Waals surface area contributed by atoms with Crippen molar-refractivity contribution in [1.29, 1.82) is 0 Å². The van der Waals surface area contributed by atoms with Crippen molar-refractivity contribution in [3.05, 3.63) is 105 Å². The van der Waals surface area contributed by atoms with Gasteiger partial charge in [-0.3, -0.25) is 19.4 Å². The monoisotopic (exact) mass is 640 g/mol. The summed E-state index contributed by atoms with van der Waals surface area (Å²) in [5, 5.41) is 17.4. The Bertz CT molecular complexity index is 1780. The zero-order valence-electron chi connectivity index (χ0n) is 24.7. The highest BCUT2D eigenvalue weighted by atomic mass is 35.5. The zero-order valence-corrected chi connectivity index (χ0v) is 26.2. The average molecular weight is 642 g/mol. The summed E-state index contributed by atoms with van der Waals surface area (Å²) in [5.41, 5.74) is 6.04. The molecule has 3 heterocycles. The Morgan fingerprint density at radius 3 is 2.27 bits per heavy atom. The van der Waals surface area contributed by atoms with Gasteiger partial charge in [0.15, 0.2) is 12.1 Å². The first kappa shape index (κ1) is 29.4. The van der Waals surface area contributed by atoms with E-state index in [4.69, 9.17) is 28.3 Å². The van der Waals surface area contributed by atoms with E-state index < -0.39 is 23.9 Å². The number of nitrogens with zero attached hydrogens (tertiary/aromatic N) is 6. The number of rotatable bonds is 5. The fourth-order valence-corrected chi connectivity index (χ4v) is 7.16. The van der Waals surface area contributed by atoms with Crippen molar-refractivity contribution < 1.29 is 14.4 Å². The standard InChI is InChI=1S/C34H30Cl2N6O3/c1-19-5-3-6-20(2)30(19)41-33(44)29-32(34(41)45)40(39-37-29)18-27(43)42-31(22-11-15-25(36)16-12-22)26-8-4-7-23(28(26)38-42)17-21-9-13-24(35)14-10-21/h3,5-6,9-17,26,29,31-32H,4,7-8,18H2,1-2H3/b23-17+/t26-,29+,31-,32-/m0/s1. The van der Waals surface area contributed by atoms with Crippen molar-refractivity contribution in [3.8, 4) is 0 Å². The molecule has 1 saturated heterocycles. The minimum absolute atomic E-state index is 0.0235. The molecule has 0 radical (unpaired) electrons. The van der Waals surface area contributed by atoms with E-state index in [1.54, 1.807) is 0 Å². The van der Waals surface area contributed by atoms with Gasteiger partial charge in [-0.15, -0.1) is 0 Å². The first-order valence-electron chi connectivity index (χ1n) is 15.0. The number of anilines is 1. The predicted octanol–water partition coefficient (Wildman–Crippen LogP) is 6.73. The van der Waals surface area contributed by atoms with Crippen LogP contribution >= 0.6 is 23.2 Å². The summed E-state index contributed by atoms with van der Waals surface area (Å²) in [5.74, 6) is -1.24. The predicted molar refractivity (Wildman–Crippen MR) is 173 cm³/mol. The van der Waals surface area contributed by atoms with E-state index in [0.717, 1.165) is 52.8 Å². The zero-order chi connectivity index (χ0) is 31.4. The Labute approximate surface area is 270 Å². The number of carbonyl (C=O) groups is 3. The third kappa shape index (κ3) is 5.14. The molecule has 0 spiro atoms. The van der Waals surface area contributed by atoms with Crippen molar-refractivity contribution in [2.75, 3.05) is 11.4 Å². The van der Waals surface area contributed by atoms with Crippen molar-refractivity contribution in [2.24, 2.45) is 21.4 Å². The Morgan fingerprint density at radius 1 is 0.911 bits per heavy atom. The third-order valence-corrected chi connectivity index (χ3v) is 9.50. The number of imide groups is 1. The minimum Gasteiger partial charge on any atom is -0.271 e. The Kier molecular flexibility index (Phi) is 7.54. The summed E-state index contributed by atoms with van der Waals surface area (Å²) in [7, 11) is 0. The van der Waals surface area contributed by atoms with Crippen LogP contribution in [-0.4, -0.2) is 52.1 Å². The number of hydrazone groups is 1. The number of para-hydroxylation sites is 1. The first-order valence-corrected chi connectivity index (χ1v) is 15.7. The van der Waals surface area contributed by atoms with Gasteiger partial charge in [-0.2, -0.15) is 10.2 Å². The quantitative estimate of drug-likeness (QED) is 0.289. The second-order valence-corrected chi connectivity index (χ2v) is 12.8. The van der Waals surface area contributed by atoms with Crippen molar-refractivity contribution in [3.63, 3.8) is 0 Å². The first-order chi connectivity index (χ1) is 21.7. The van der Waals surface area contributed by atoms with Gasteiger partial charge >= 0.3 is 0 Å². The second-order valence-electron chi connectivity index (χ2n) is 11.9. The van der Waals surface area contributed by atoms with Crippen LogP contribution in [-0.2, 0) is 14.4 Å². The van der Waals surface area contributed by atoms with Crippen LogP contribution in [0.5, 0.6) is 0 Å². The fraction of sp³-hybridized carbons (Fsp3) is 0.294. The van der Waals surface area contributed by atoms with Crippen LogP contribution < -0.4 is 4.90 Å². The highest BCUT2D eigenvalue weighted by Crippen LogP contribution is 2.45.